The number of fused-ring (bicyclic) bond motifs is 1. The molecule has 216 valence electrons. The normalized spacial score (nSPS) is 15.6. The maximum atomic E-state index is 13.0. The van der Waals surface area contributed by atoms with Gasteiger partial charge in [-0.2, -0.15) is 13.2 Å². The molecule has 0 radical (unpaired) electrons. The predicted molar refractivity (Wildman–Crippen MR) is 157 cm³/mol. The standard InChI is InChI=1S/C28H30F3N3O4.CH3I/c1-4-33(5-2)25(36)20-8-6-19(7-9-20)23-17-27(12-14-34(15-13-27)26(37)28(29,30)31)38-24-11-10-21(16-22(23)24)32-18(3)35;1-2/h6-11,16-17H,4-5,12-15H2,1-3H3,(H,32,35);1H3. The smallest absolute Gasteiger partial charge is 0.471 e. The molecular formula is C29H33F3IN3O4. The van der Waals surface area contributed by atoms with Crippen LogP contribution in [0.15, 0.2) is 48.5 Å². The number of carbonyl (C=O) groups excluding carboxylic acids is 3. The van der Waals surface area contributed by atoms with Gasteiger partial charge in [-0.1, -0.05) is 34.7 Å². The third-order valence-corrected chi connectivity index (χ3v) is 6.94. The van der Waals surface area contributed by atoms with Crippen LogP contribution in [0, 0.1) is 0 Å². The number of carbonyl (C=O) groups is 3. The summed E-state index contributed by atoms with van der Waals surface area (Å²) in [5, 5.41) is 2.76. The molecule has 0 bridgehead atoms. The third kappa shape index (κ3) is 6.97. The minimum absolute atomic E-state index is 0.0750. The Morgan fingerprint density at radius 1 is 1.02 bits per heavy atom. The molecule has 2 aliphatic heterocycles. The van der Waals surface area contributed by atoms with Crippen molar-refractivity contribution in [1.29, 1.82) is 0 Å². The van der Waals surface area contributed by atoms with Crippen LogP contribution < -0.4 is 10.1 Å². The first-order chi connectivity index (χ1) is 19.0. The molecule has 0 atom stereocenters. The molecule has 11 heteroatoms. The van der Waals surface area contributed by atoms with E-state index >= 15 is 0 Å². The van der Waals surface area contributed by atoms with Gasteiger partial charge in [0.2, 0.25) is 5.91 Å². The second kappa shape index (κ2) is 13.0. The maximum Gasteiger partial charge on any atom is 0.471 e. The van der Waals surface area contributed by atoms with Gasteiger partial charge < -0.3 is 19.9 Å². The Hall–Kier alpha value is -3.09. The van der Waals surface area contributed by atoms with Crippen LogP contribution in [0.3, 0.4) is 0 Å². The number of rotatable bonds is 5. The molecule has 2 heterocycles. The average molecular weight is 671 g/mol. The highest BCUT2D eigenvalue weighted by molar-refractivity contribution is 14.1. The zero-order valence-electron chi connectivity index (χ0n) is 22.9. The van der Waals surface area contributed by atoms with Gasteiger partial charge in [-0.05, 0) is 66.3 Å². The number of hydrogen-bond acceptors (Lipinski definition) is 4. The van der Waals surface area contributed by atoms with E-state index in [0.717, 1.165) is 16.0 Å². The molecule has 1 N–H and O–H groups in total. The molecule has 2 aliphatic rings. The number of nitrogens with one attached hydrogen (secondary N) is 1. The Kier molecular flexibility index (Phi) is 10.3. The summed E-state index contributed by atoms with van der Waals surface area (Å²) in [6.07, 6.45) is -2.66. The monoisotopic (exact) mass is 671 g/mol. The summed E-state index contributed by atoms with van der Waals surface area (Å²) in [5.74, 6) is -1.63. The van der Waals surface area contributed by atoms with Crippen LogP contribution in [0.25, 0.3) is 5.57 Å². The zero-order valence-corrected chi connectivity index (χ0v) is 25.1. The van der Waals surface area contributed by atoms with Crippen LogP contribution in [0.2, 0.25) is 0 Å². The summed E-state index contributed by atoms with van der Waals surface area (Å²) in [5.41, 5.74) is 2.48. The van der Waals surface area contributed by atoms with Gasteiger partial charge in [0.1, 0.15) is 11.4 Å². The van der Waals surface area contributed by atoms with Crippen molar-refractivity contribution in [3.63, 3.8) is 0 Å². The predicted octanol–water partition coefficient (Wildman–Crippen LogP) is 5.93. The first-order valence-corrected chi connectivity index (χ1v) is 15.1. The summed E-state index contributed by atoms with van der Waals surface area (Å²) < 4.78 is 45.2. The van der Waals surface area contributed by atoms with Gasteiger partial charge in [0.25, 0.3) is 5.91 Å². The highest BCUT2D eigenvalue weighted by Gasteiger charge is 2.47. The molecule has 1 spiro atoms. The number of nitrogens with zero attached hydrogens (tertiary/aromatic N) is 2. The fourth-order valence-corrected chi connectivity index (χ4v) is 4.94. The van der Waals surface area contributed by atoms with Gasteiger partial charge in [-0.3, -0.25) is 14.4 Å². The fraction of sp³-hybridized carbons (Fsp3) is 0.414. The first kappa shape index (κ1) is 31.4. The van der Waals surface area contributed by atoms with Crippen LogP contribution in [-0.2, 0) is 9.59 Å². The molecule has 40 heavy (non-hydrogen) atoms. The van der Waals surface area contributed by atoms with Gasteiger partial charge in [0.15, 0.2) is 0 Å². The molecule has 1 saturated heterocycles. The van der Waals surface area contributed by atoms with Crippen molar-refractivity contribution in [2.75, 3.05) is 36.4 Å². The van der Waals surface area contributed by atoms with E-state index in [0.29, 0.717) is 35.7 Å². The van der Waals surface area contributed by atoms with Crippen LogP contribution in [0.1, 0.15) is 55.1 Å². The SMILES string of the molecule is CCN(CC)C(=O)c1ccc(C2=CC3(CCN(C(=O)C(F)(F)F)CC3)Oc3ccc(NC(C)=O)cc32)cc1.CI. The topological polar surface area (TPSA) is 79.0 Å². The highest BCUT2D eigenvalue weighted by Crippen LogP contribution is 2.44. The summed E-state index contributed by atoms with van der Waals surface area (Å²) in [6.45, 7) is 6.23. The number of amides is 3. The Bertz CT molecular complexity index is 1270. The van der Waals surface area contributed by atoms with E-state index in [1.807, 2.05) is 37.0 Å². The number of benzene rings is 2. The number of piperidine rings is 1. The molecule has 0 saturated carbocycles. The Morgan fingerprint density at radius 2 is 1.62 bits per heavy atom. The van der Waals surface area contributed by atoms with Gasteiger partial charge in [-0.25, -0.2) is 0 Å². The Balaban J connectivity index is 0.00000216. The number of alkyl halides is 4. The number of likely N-dealkylation sites (tertiary alicyclic amines) is 1. The summed E-state index contributed by atoms with van der Waals surface area (Å²) in [6, 6.07) is 12.4. The molecule has 2 aromatic carbocycles. The lowest BCUT2D eigenvalue weighted by molar-refractivity contribution is -0.187. The molecule has 4 rings (SSSR count). The zero-order chi connectivity index (χ0) is 29.7. The lowest BCUT2D eigenvalue weighted by Crippen LogP contribution is -2.52. The van der Waals surface area contributed by atoms with Crippen molar-refractivity contribution in [1.82, 2.24) is 9.80 Å². The molecule has 0 aromatic heterocycles. The van der Waals surface area contributed by atoms with Gasteiger partial charge >= 0.3 is 12.1 Å². The van der Waals surface area contributed by atoms with Gasteiger partial charge in [0, 0.05) is 62.8 Å². The molecule has 0 unspecified atom stereocenters. The number of halogens is 4. The number of anilines is 1. The van der Waals surface area contributed by atoms with E-state index < -0.39 is 17.7 Å². The highest BCUT2D eigenvalue weighted by atomic mass is 127. The first-order valence-electron chi connectivity index (χ1n) is 12.9. The lowest BCUT2D eigenvalue weighted by atomic mass is 9.82. The van der Waals surface area contributed by atoms with E-state index in [4.69, 9.17) is 4.74 Å². The second-order valence-corrected chi connectivity index (χ2v) is 9.46. The average Bonchev–Trinajstić information content (AvgIpc) is 2.94. The van der Waals surface area contributed by atoms with Crippen molar-refractivity contribution in [3.8, 4) is 5.75 Å². The minimum Gasteiger partial charge on any atom is -0.482 e. The van der Waals surface area contributed by atoms with Crippen LogP contribution in [0.4, 0.5) is 18.9 Å². The molecule has 0 aliphatic carbocycles. The number of hydrogen-bond donors (Lipinski definition) is 1. The molecular weight excluding hydrogens is 638 g/mol. The summed E-state index contributed by atoms with van der Waals surface area (Å²) >= 11 is 2.15. The lowest BCUT2D eigenvalue weighted by Gasteiger charge is -2.43. The van der Waals surface area contributed by atoms with Gasteiger partial charge in [0.05, 0.1) is 0 Å². The minimum atomic E-state index is -4.92. The molecule has 7 nitrogen and oxygen atoms in total. The van der Waals surface area contributed by atoms with Crippen molar-refractivity contribution in [3.05, 3.63) is 65.2 Å². The second-order valence-electron chi connectivity index (χ2n) is 9.46. The van der Waals surface area contributed by atoms with Crippen molar-refractivity contribution < 1.29 is 32.3 Å². The van der Waals surface area contributed by atoms with E-state index in [1.54, 1.807) is 35.2 Å². The quantitative estimate of drug-likeness (QED) is 0.316. The van der Waals surface area contributed by atoms with Gasteiger partial charge in [-0.15, -0.1) is 0 Å². The van der Waals surface area contributed by atoms with E-state index in [9.17, 15) is 27.6 Å². The van der Waals surface area contributed by atoms with E-state index in [-0.39, 0.29) is 37.7 Å². The Labute approximate surface area is 245 Å². The third-order valence-electron chi connectivity index (χ3n) is 6.94. The molecule has 2 aromatic rings. The Morgan fingerprint density at radius 3 is 2.15 bits per heavy atom. The van der Waals surface area contributed by atoms with E-state index in [2.05, 4.69) is 27.9 Å². The van der Waals surface area contributed by atoms with Crippen LogP contribution >= 0.6 is 22.6 Å². The maximum absolute atomic E-state index is 13.0. The van der Waals surface area contributed by atoms with Crippen molar-refractivity contribution in [2.24, 2.45) is 0 Å². The number of ether oxygens (including phenoxy) is 1. The molecule has 1 fully saturated rings. The van der Waals surface area contributed by atoms with Crippen LogP contribution in [0.5, 0.6) is 5.75 Å². The molecule has 3 amide bonds. The van der Waals surface area contributed by atoms with Crippen LogP contribution in [-0.4, -0.2) is 70.4 Å². The van der Waals surface area contributed by atoms with E-state index in [1.165, 1.54) is 6.92 Å². The summed E-state index contributed by atoms with van der Waals surface area (Å²) in [4.78, 5) is 40.7. The summed E-state index contributed by atoms with van der Waals surface area (Å²) in [7, 11) is 0. The van der Waals surface area contributed by atoms with Crippen molar-refractivity contribution >= 4 is 51.6 Å². The largest absolute Gasteiger partial charge is 0.482 e. The fourth-order valence-electron chi connectivity index (χ4n) is 4.94. The van der Waals surface area contributed by atoms with Crippen molar-refractivity contribution in [2.45, 2.75) is 45.4 Å².